The summed E-state index contributed by atoms with van der Waals surface area (Å²) >= 11 is 0. The molecule has 0 aromatic carbocycles. The number of hydrogen-bond acceptors (Lipinski definition) is 5. The van der Waals surface area contributed by atoms with Crippen molar-refractivity contribution in [3.05, 3.63) is 0 Å². The summed E-state index contributed by atoms with van der Waals surface area (Å²) in [7, 11) is 0. The van der Waals surface area contributed by atoms with Crippen molar-refractivity contribution < 1.29 is 33.0 Å². The van der Waals surface area contributed by atoms with Gasteiger partial charge in [0, 0.05) is 0 Å². The van der Waals surface area contributed by atoms with Gasteiger partial charge in [0.05, 0.1) is 6.10 Å². The standard InChI is InChI=1S/C11H16F2O5/c12-11(13,10(15)16)18-7-8(14)6-17-9-4-2-1-3-5-9/h9H,1-7H2,(H,15,16)/p-1. The van der Waals surface area contributed by atoms with Crippen molar-refractivity contribution in [2.24, 2.45) is 0 Å². The molecule has 0 atom stereocenters. The molecule has 0 N–H and O–H groups in total. The molecule has 1 saturated carbocycles. The van der Waals surface area contributed by atoms with E-state index in [2.05, 4.69) is 4.74 Å². The van der Waals surface area contributed by atoms with E-state index in [4.69, 9.17) is 4.74 Å². The first-order valence-electron chi connectivity index (χ1n) is 5.78. The van der Waals surface area contributed by atoms with Crippen molar-refractivity contribution in [1.82, 2.24) is 0 Å². The van der Waals surface area contributed by atoms with Gasteiger partial charge in [0.25, 0.3) is 0 Å². The first-order chi connectivity index (χ1) is 8.42. The lowest BCUT2D eigenvalue weighted by Gasteiger charge is -2.22. The number of halogens is 2. The number of carbonyl (C=O) groups excluding carboxylic acids is 2. The third-order valence-electron chi connectivity index (χ3n) is 2.68. The molecule has 0 spiro atoms. The largest absolute Gasteiger partial charge is 0.542 e. The lowest BCUT2D eigenvalue weighted by Crippen LogP contribution is -2.44. The maximum Gasteiger partial charge on any atom is 0.398 e. The van der Waals surface area contributed by atoms with Crippen molar-refractivity contribution in [2.75, 3.05) is 13.2 Å². The molecule has 1 aliphatic carbocycles. The SMILES string of the molecule is O=C(COC1CCCCC1)COC(F)(F)C(=O)[O-]. The highest BCUT2D eigenvalue weighted by molar-refractivity contribution is 5.81. The number of carboxylic acid groups (broad SMARTS) is 1. The van der Waals surface area contributed by atoms with Crippen molar-refractivity contribution in [2.45, 2.75) is 44.3 Å². The molecule has 7 heteroatoms. The minimum atomic E-state index is -4.44. The molecule has 0 aliphatic heterocycles. The maximum absolute atomic E-state index is 12.4. The van der Waals surface area contributed by atoms with E-state index in [0.29, 0.717) is 0 Å². The fraction of sp³-hybridized carbons (Fsp3) is 0.818. The van der Waals surface area contributed by atoms with Gasteiger partial charge in [-0.05, 0) is 12.8 Å². The topological polar surface area (TPSA) is 75.7 Å². The number of carboxylic acids is 1. The molecule has 0 radical (unpaired) electrons. The minimum absolute atomic E-state index is 0.0237. The summed E-state index contributed by atoms with van der Waals surface area (Å²) < 4.78 is 33.7. The fourth-order valence-corrected chi connectivity index (χ4v) is 1.71. The Morgan fingerprint density at radius 3 is 2.33 bits per heavy atom. The van der Waals surface area contributed by atoms with Crippen LogP contribution in [0.5, 0.6) is 0 Å². The third kappa shape index (κ3) is 5.05. The van der Waals surface area contributed by atoms with Crippen molar-refractivity contribution in [3.63, 3.8) is 0 Å². The van der Waals surface area contributed by atoms with Crippen LogP contribution in [0.4, 0.5) is 8.78 Å². The molecule has 5 nitrogen and oxygen atoms in total. The number of ether oxygens (including phenoxy) is 2. The number of rotatable bonds is 7. The van der Waals surface area contributed by atoms with Crippen molar-refractivity contribution in [1.29, 1.82) is 0 Å². The predicted octanol–water partition coefficient (Wildman–Crippen LogP) is 0.264. The summed E-state index contributed by atoms with van der Waals surface area (Å²) in [6.45, 7) is -1.35. The first-order valence-corrected chi connectivity index (χ1v) is 5.78. The van der Waals surface area contributed by atoms with Crippen LogP contribution in [-0.4, -0.2) is 37.2 Å². The highest BCUT2D eigenvalue weighted by atomic mass is 19.3. The van der Waals surface area contributed by atoms with E-state index in [1.807, 2.05) is 0 Å². The van der Waals surface area contributed by atoms with Gasteiger partial charge in [-0.15, -0.1) is 0 Å². The second-order valence-electron chi connectivity index (χ2n) is 4.20. The quantitative estimate of drug-likeness (QED) is 0.660. The summed E-state index contributed by atoms with van der Waals surface area (Å²) in [6.07, 6.45) is 0.419. The molecule has 0 heterocycles. The van der Waals surface area contributed by atoms with Crippen LogP contribution in [0.15, 0.2) is 0 Å². The van der Waals surface area contributed by atoms with Gasteiger partial charge in [-0.2, -0.15) is 8.78 Å². The average Bonchev–Trinajstić information content (AvgIpc) is 2.35. The zero-order valence-electron chi connectivity index (χ0n) is 9.82. The van der Waals surface area contributed by atoms with E-state index in [1.54, 1.807) is 0 Å². The number of hydrogen-bond donors (Lipinski definition) is 0. The highest BCUT2D eigenvalue weighted by Gasteiger charge is 2.33. The Morgan fingerprint density at radius 1 is 1.17 bits per heavy atom. The van der Waals surface area contributed by atoms with E-state index < -0.39 is 24.5 Å². The van der Waals surface area contributed by atoms with Crippen LogP contribution >= 0.6 is 0 Å². The Kier molecular flexibility index (Phi) is 5.61. The molecule has 1 fully saturated rings. The van der Waals surface area contributed by atoms with Crippen LogP contribution in [0.1, 0.15) is 32.1 Å². The summed E-state index contributed by atoms with van der Waals surface area (Å²) in [4.78, 5) is 21.1. The fourth-order valence-electron chi connectivity index (χ4n) is 1.71. The molecular weight excluding hydrogens is 250 g/mol. The van der Waals surface area contributed by atoms with Crippen LogP contribution in [0.25, 0.3) is 0 Å². The molecule has 0 aromatic rings. The van der Waals surface area contributed by atoms with E-state index >= 15 is 0 Å². The molecule has 0 saturated heterocycles. The van der Waals surface area contributed by atoms with E-state index in [1.165, 1.54) is 0 Å². The zero-order chi connectivity index (χ0) is 13.6. The predicted molar refractivity (Wildman–Crippen MR) is 53.7 cm³/mol. The van der Waals surface area contributed by atoms with E-state index in [-0.39, 0.29) is 12.7 Å². The maximum atomic E-state index is 12.4. The number of carbonyl (C=O) groups is 2. The summed E-state index contributed by atoms with van der Waals surface area (Å²) in [5.74, 6) is -3.38. The van der Waals surface area contributed by atoms with Gasteiger partial charge in [-0.1, -0.05) is 19.3 Å². The number of aliphatic carboxylic acids is 1. The Morgan fingerprint density at radius 2 is 1.78 bits per heavy atom. The Hall–Kier alpha value is -1.08. The number of ketones is 1. The van der Waals surface area contributed by atoms with E-state index in [0.717, 1.165) is 32.1 Å². The van der Waals surface area contributed by atoms with Gasteiger partial charge in [0.15, 0.2) is 5.78 Å². The molecule has 0 aromatic heterocycles. The number of alkyl halides is 2. The average molecular weight is 265 g/mol. The summed E-state index contributed by atoms with van der Waals surface area (Å²) in [6, 6.07) is 0. The van der Waals surface area contributed by atoms with Gasteiger partial charge in [-0.25, -0.2) is 0 Å². The summed E-state index contributed by atoms with van der Waals surface area (Å²) in [5, 5.41) is 9.91. The van der Waals surface area contributed by atoms with Gasteiger partial charge < -0.3 is 19.4 Å². The summed E-state index contributed by atoms with van der Waals surface area (Å²) in [5.41, 5.74) is 0. The monoisotopic (exact) mass is 265 g/mol. The highest BCUT2D eigenvalue weighted by Crippen LogP contribution is 2.20. The molecule has 0 unspecified atom stereocenters. The normalized spacial score (nSPS) is 17.7. The second-order valence-corrected chi connectivity index (χ2v) is 4.20. The van der Waals surface area contributed by atoms with Gasteiger partial charge in [-0.3, -0.25) is 4.79 Å². The molecule has 0 amide bonds. The zero-order valence-corrected chi connectivity index (χ0v) is 9.82. The van der Waals surface area contributed by atoms with Crippen molar-refractivity contribution >= 4 is 11.8 Å². The van der Waals surface area contributed by atoms with Gasteiger partial charge in [0.1, 0.15) is 19.2 Å². The molecule has 0 bridgehead atoms. The van der Waals surface area contributed by atoms with Gasteiger partial charge >= 0.3 is 6.11 Å². The van der Waals surface area contributed by atoms with E-state index in [9.17, 15) is 23.5 Å². The smallest absolute Gasteiger partial charge is 0.398 e. The Labute approximate surface area is 103 Å². The lowest BCUT2D eigenvalue weighted by atomic mass is 9.98. The first kappa shape index (κ1) is 15.0. The molecule has 1 rings (SSSR count). The molecule has 1 aliphatic rings. The Balaban J connectivity index is 2.19. The third-order valence-corrected chi connectivity index (χ3v) is 2.68. The lowest BCUT2D eigenvalue weighted by molar-refractivity contribution is -0.361. The van der Waals surface area contributed by atoms with Crippen LogP contribution in [0.3, 0.4) is 0 Å². The number of Topliss-reactive ketones (excluding diaryl/α,β-unsaturated/α-hetero) is 1. The van der Waals surface area contributed by atoms with Crippen LogP contribution in [-0.2, 0) is 19.1 Å². The second kappa shape index (κ2) is 6.75. The van der Waals surface area contributed by atoms with Crippen LogP contribution in [0.2, 0.25) is 0 Å². The van der Waals surface area contributed by atoms with Crippen LogP contribution < -0.4 is 5.11 Å². The minimum Gasteiger partial charge on any atom is -0.542 e. The van der Waals surface area contributed by atoms with Gasteiger partial charge in [0.2, 0.25) is 0 Å². The van der Waals surface area contributed by atoms with Crippen LogP contribution in [0, 0.1) is 0 Å². The van der Waals surface area contributed by atoms with Crippen molar-refractivity contribution in [3.8, 4) is 0 Å². The Bertz CT molecular complexity index is 300. The molecule has 104 valence electrons. The molecular formula is C11H15F2O5-. The molecule has 18 heavy (non-hydrogen) atoms.